The summed E-state index contributed by atoms with van der Waals surface area (Å²) >= 11 is 0. The van der Waals surface area contributed by atoms with Crippen molar-refractivity contribution in [3.05, 3.63) is 23.8 Å². The molecule has 0 aliphatic heterocycles. The Morgan fingerprint density at radius 1 is 1.31 bits per heavy atom. The molecule has 1 aromatic rings. The van der Waals surface area contributed by atoms with Crippen LogP contribution < -0.4 is 5.73 Å². The Morgan fingerprint density at radius 3 is 2.31 bits per heavy atom. The van der Waals surface area contributed by atoms with Crippen molar-refractivity contribution in [1.29, 1.82) is 0 Å². The molecule has 0 radical (unpaired) electrons. The highest BCUT2D eigenvalue weighted by Gasteiger charge is 2.19. The molecule has 4 heteroatoms. The lowest BCUT2D eigenvalue weighted by molar-refractivity contribution is 0.417. The van der Waals surface area contributed by atoms with E-state index in [2.05, 4.69) is 9.97 Å². The predicted molar refractivity (Wildman–Crippen MR) is 53.8 cm³/mol. The van der Waals surface area contributed by atoms with Gasteiger partial charge in [0.15, 0.2) is 0 Å². The molecule has 1 aromatic heterocycles. The van der Waals surface area contributed by atoms with Gasteiger partial charge in [0.2, 0.25) is 0 Å². The lowest BCUT2D eigenvalue weighted by Crippen LogP contribution is -2.11. The zero-order valence-electron chi connectivity index (χ0n) is 7.44. The fourth-order valence-electron chi connectivity index (χ4n) is 1.42. The molecule has 1 saturated carbocycles. The normalized spacial score (nSPS) is 16.1. The number of rotatable bonds is 2. The van der Waals surface area contributed by atoms with E-state index in [1.807, 2.05) is 12.4 Å². The van der Waals surface area contributed by atoms with Gasteiger partial charge < -0.3 is 5.73 Å². The molecular formula is C9H14ClN3. The zero-order valence-corrected chi connectivity index (χ0v) is 8.26. The molecule has 72 valence electrons. The standard InChI is InChI=1S/C9H13N3.ClH/c10-4-9-11-5-8(6-12-9)7-2-1-3-7;/h5-7H,1-4,10H2;1H. The first kappa shape index (κ1) is 10.4. The Balaban J connectivity index is 0.000000845. The van der Waals surface area contributed by atoms with Gasteiger partial charge in [-0.05, 0) is 24.3 Å². The van der Waals surface area contributed by atoms with E-state index < -0.39 is 0 Å². The summed E-state index contributed by atoms with van der Waals surface area (Å²) in [6, 6.07) is 0. The van der Waals surface area contributed by atoms with E-state index in [1.165, 1.54) is 24.8 Å². The third-order valence-corrected chi connectivity index (χ3v) is 2.48. The van der Waals surface area contributed by atoms with E-state index in [-0.39, 0.29) is 12.4 Å². The largest absolute Gasteiger partial charge is 0.324 e. The Hall–Kier alpha value is -0.670. The molecule has 1 aliphatic carbocycles. The van der Waals surface area contributed by atoms with E-state index in [9.17, 15) is 0 Å². The van der Waals surface area contributed by atoms with Crippen LogP contribution >= 0.6 is 12.4 Å². The lowest BCUT2D eigenvalue weighted by atomic mass is 9.81. The van der Waals surface area contributed by atoms with Crippen LogP contribution in [0, 0.1) is 0 Å². The number of aromatic nitrogens is 2. The lowest BCUT2D eigenvalue weighted by Gasteiger charge is -2.24. The van der Waals surface area contributed by atoms with Crippen molar-refractivity contribution >= 4 is 12.4 Å². The Labute approximate surface area is 84.2 Å². The van der Waals surface area contributed by atoms with Crippen LogP contribution in [0.4, 0.5) is 0 Å². The summed E-state index contributed by atoms with van der Waals surface area (Å²) in [5.41, 5.74) is 6.67. The first-order valence-electron chi connectivity index (χ1n) is 4.41. The highest BCUT2D eigenvalue weighted by atomic mass is 35.5. The summed E-state index contributed by atoms with van der Waals surface area (Å²) in [4.78, 5) is 8.33. The monoisotopic (exact) mass is 199 g/mol. The minimum Gasteiger partial charge on any atom is -0.324 e. The fraction of sp³-hybridized carbons (Fsp3) is 0.556. The van der Waals surface area contributed by atoms with Crippen molar-refractivity contribution < 1.29 is 0 Å². The molecule has 1 aliphatic rings. The molecule has 0 spiro atoms. The van der Waals surface area contributed by atoms with Gasteiger partial charge in [0, 0.05) is 12.4 Å². The first-order valence-corrected chi connectivity index (χ1v) is 4.41. The van der Waals surface area contributed by atoms with Gasteiger partial charge in [-0.3, -0.25) is 0 Å². The average molecular weight is 200 g/mol. The molecule has 0 bridgehead atoms. The second-order valence-corrected chi connectivity index (χ2v) is 3.26. The maximum absolute atomic E-state index is 5.40. The smallest absolute Gasteiger partial charge is 0.141 e. The number of nitrogens with zero attached hydrogens (tertiary/aromatic N) is 2. The molecule has 13 heavy (non-hydrogen) atoms. The average Bonchev–Trinajstić information content (AvgIpc) is 2.03. The molecule has 0 saturated heterocycles. The van der Waals surface area contributed by atoms with Crippen molar-refractivity contribution in [1.82, 2.24) is 9.97 Å². The Kier molecular flexibility index (Phi) is 3.63. The third kappa shape index (κ3) is 2.17. The van der Waals surface area contributed by atoms with E-state index in [0.717, 1.165) is 11.7 Å². The molecule has 3 nitrogen and oxygen atoms in total. The van der Waals surface area contributed by atoms with Crippen LogP contribution in [0.3, 0.4) is 0 Å². The quantitative estimate of drug-likeness (QED) is 0.788. The van der Waals surface area contributed by atoms with Gasteiger partial charge in [0.25, 0.3) is 0 Å². The number of hydrogen-bond acceptors (Lipinski definition) is 3. The van der Waals surface area contributed by atoms with E-state index in [1.54, 1.807) is 0 Å². The molecule has 0 atom stereocenters. The summed E-state index contributed by atoms with van der Waals surface area (Å²) < 4.78 is 0. The SMILES string of the molecule is Cl.NCc1ncc(C2CCC2)cn1. The third-order valence-electron chi connectivity index (χ3n) is 2.48. The van der Waals surface area contributed by atoms with Crippen molar-refractivity contribution in [2.75, 3.05) is 0 Å². The van der Waals surface area contributed by atoms with Crippen LogP contribution in [0.15, 0.2) is 12.4 Å². The van der Waals surface area contributed by atoms with Gasteiger partial charge in [0.1, 0.15) is 5.82 Å². The number of nitrogens with two attached hydrogens (primary N) is 1. The summed E-state index contributed by atoms with van der Waals surface area (Å²) in [5, 5.41) is 0. The highest BCUT2D eigenvalue weighted by molar-refractivity contribution is 5.85. The zero-order chi connectivity index (χ0) is 8.39. The molecule has 0 aromatic carbocycles. The minimum absolute atomic E-state index is 0. The van der Waals surface area contributed by atoms with Gasteiger partial charge in [0.05, 0.1) is 6.54 Å². The van der Waals surface area contributed by atoms with Crippen molar-refractivity contribution in [3.63, 3.8) is 0 Å². The van der Waals surface area contributed by atoms with Gasteiger partial charge in [-0.2, -0.15) is 0 Å². The van der Waals surface area contributed by atoms with Gasteiger partial charge in [-0.1, -0.05) is 6.42 Å². The highest BCUT2D eigenvalue weighted by Crippen LogP contribution is 2.35. The summed E-state index contributed by atoms with van der Waals surface area (Å²) in [6.45, 7) is 0.435. The summed E-state index contributed by atoms with van der Waals surface area (Å²) in [7, 11) is 0. The molecule has 1 fully saturated rings. The van der Waals surface area contributed by atoms with Crippen LogP contribution in [-0.4, -0.2) is 9.97 Å². The Morgan fingerprint density at radius 2 is 1.92 bits per heavy atom. The molecule has 0 amide bonds. The second-order valence-electron chi connectivity index (χ2n) is 3.26. The van der Waals surface area contributed by atoms with Crippen molar-refractivity contribution in [3.8, 4) is 0 Å². The first-order chi connectivity index (χ1) is 5.90. The van der Waals surface area contributed by atoms with E-state index >= 15 is 0 Å². The number of hydrogen-bond donors (Lipinski definition) is 1. The van der Waals surface area contributed by atoms with Crippen LogP contribution in [0.5, 0.6) is 0 Å². The van der Waals surface area contributed by atoms with E-state index in [4.69, 9.17) is 5.73 Å². The van der Waals surface area contributed by atoms with Gasteiger partial charge in [-0.25, -0.2) is 9.97 Å². The van der Waals surface area contributed by atoms with Crippen LogP contribution in [-0.2, 0) is 6.54 Å². The van der Waals surface area contributed by atoms with Crippen LogP contribution in [0.2, 0.25) is 0 Å². The summed E-state index contributed by atoms with van der Waals surface area (Å²) in [5.74, 6) is 1.45. The van der Waals surface area contributed by atoms with Crippen LogP contribution in [0.25, 0.3) is 0 Å². The number of halogens is 1. The maximum atomic E-state index is 5.40. The minimum atomic E-state index is 0. The molecular weight excluding hydrogens is 186 g/mol. The predicted octanol–water partition coefficient (Wildman–Crippen LogP) is 1.62. The van der Waals surface area contributed by atoms with E-state index in [0.29, 0.717) is 6.54 Å². The molecule has 1 heterocycles. The topological polar surface area (TPSA) is 51.8 Å². The molecule has 2 N–H and O–H groups in total. The van der Waals surface area contributed by atoms with Crippen molar-refractivity contribution in [2.24, 2.45) is 5.73 Å². The summed E-state index contributed by atoms with van der Waals surface area (Å²) in [6.07, 6.45) is 7.78. The van der Waals surface area contributed by atoms with Gasteiger partial charge >= 0.3 is 0 Å². The molecule has 2 rings (SSSR count). The van der Waals surface area contributed by atoms with Crippen LogP contribution in [0.1, 0.15) is 36.6 Å². The second kappa shape index (κ2) is 4.53. The van der Waals surface area contributed by atoms with Crippen molar-refractivity contribution in [2.45, 2.75) is 31.7 Å². The molecule has 0 unspecified atom stereocenters. The fourth-order valence-corrected chi connectivity index (χ4v) is 1.42. The van der Waals surface area contributed by atoms with Gasteiger partial charge in [-0.15, -0.1) is 12.4 Å². The Bertz CT molecular complexity index is 256. The maximum Gasteiger partial charge on any atom is 0.141 e.